The Labute approximate surface area is 474 Å². The zero-order valence-electron chi connectivity index (χ0n) is 51.0. The third-order valence-electron chi connectivity index (χ3n) is 15.6. The van der Waals surface area contributed by atoms with Crippen LogP contribution in [0.25, 0.3) is 0 Å². The average molecular weight is 1070 g/mol. The molecule has 76 heavy (non-hydrogen) atoms. The molecule has 0 radical (unpaired) electrons. The predicted octanol–water partition coefficient (Wildman–Crippen LogP) is 21.7. The van der Waals surface area contributed by atoms with Gasteiger partial charge in [-0.3, -0.25) is 9.59 Å². The number of carbonyl (C=O) groups is 2. The van der Waals surface area contributed by atoms with E-state index in [1.807, 2.05) is 6.08 Å². The molecule has 1 amide bonds. The van der Waals surface area contributed by atoms with Crippen LogP contribution in [0.2, 0.25) is 0 Å². The highest BCUT2D eigenvalue weighted by Gasteiger charge is 2.18. The van der Waals surface area contributed by atoms with Crippen molar-refractivity contribution in [3.05, 3.63) is 48.6 Å². The molecule has 0 aliphatic rings. The number of amides is 1. The van der Waals surface area contributed by atoms with Gasteiger partial charge in [0.15, 0.2) is 0 Å². The minimum absolute atomic E-state index is 0.0449. The summed E-state index contributed by atoms with van der Waals surface area (Å²) in [5.74, 6) is -0.115. The lowest BCUT2D eigenvalue weighted by Crippen LogP contribution is -2.45. The van der Waals surface area contributed by atoms with E-state index >= 15 is 0 Å². The van der Waals surface area contributed by atoms with Crippen molar-refractivity contribution >= 4 is 11.9 Å². The summed E-state index contributed by atoms with van der Waals surface area (Å²) in [4.78, 5) is 24.5. The first kappa shape index (κ1) is 73.8. The molecule has 446 valence electrons. The molecular weight excluding hydrogens is 935 g/mol. The summed E-state index contributed by atoms with van der Waals surface area (Å²) in [5.41, 5.74) is 0. The molecule has 6 nitrogen and oxygen atoms in total. The number of carbonyl (C=O) groups excluding carboxylic acids is 2. The second-order valence-corrected chi connectivity index (χ2v) is 23.1. The van der Waals surface area contributed by atoms with Crippen molar-refractivity contribution in [3.8, 4) is 0 Å². The van der Waals surface area contributed by atoms with Crippen LogP contribution >= 0.6 is 0 Å². The normalized spacial score (nSPS) is 12.8. The van der Waals surface area contributed by atoms with Crippen molar-refractivity contribution in [2.45, 2.75) is 373 Å². The maximum atomic E-state index is 12.5. The fraction of sp³-hybridized carbons (Fsp3) is 0.857. The molecule has 0 fully saturated rings. The number of rotatable bonds is 63. The number of nitrogens with one attached hydrogen (secondary N) is 1. The molecule has 0 aromatic rings. The Morgan fingerprint density at radius 2 is 0.658 bits per heavy atom. The van der Waals surface area contributed by atoms with E-state index < -0.39 is 12.1 Å². The smallest absolute Gasteiger partial charge is 0.305 e. The quantitative estimate of drug-likeness (QED) is 0.0320. The Kier molecular flexibility index (Phi) is 63.5. The standard InChI is InChI=1S/C70H131NO5/c1-3-5-7-9-11-13-15-17-18-19-20-21-22-23-24-26-29-32-35-39-42-46-50-54-58-62-68(73)67(66-72)71-69(74)63-59-55-51-47-43-40-36-33-30-27-25-28-31-34-37-41-45-49-53-57-61-65-76-70(75)64-60-56-52-48-44-38-16-14-12-10-8-6-4-2/h14,16,41,45,53,57-58,62,67-68,72-73H,3-13,15,17-40,42-44,46-52,54-56,59-61,63-66H2,1-2H3,(H,71,74)/b16-14-,45-41-,57-53-,62-58+. The van der Waals surface area contributed by atoms with Gasteiger partial charge >= 0.3 is 5.97 Å². The summed E-state index contributed by atoms with van der Waals surface area (Å²) < 4.78 is 5.41. The molecule has 0 spiro atoms. The molecule has 0 aromatic heterocycles. The zero-order chi connectivity index (χ0) is 55.0. The fourth-order valence-electron chi connectivity index (χ4n) is 10.4. The summed E-state index contributed by atoms with van der Waals surface area (Å²) in [7, 11) is 0. The van der Waals surface area contributed by atoms with Crippen molar-refractivity contribution in [1.82, 2.24) is 5.32 Å². The van der Waals surface area contributed by atoms with Gasteiger partial charge in [0.1, 0.15) is 0 Å². The summed E-state index contributed by atoms with van der Waals surface area (Å²) >= 11 is 0. The number of allylic oxidation sites excluding steroid dienone is 6. The van der Waals surface area contributed by atoms with Gasteiger partial charge in [0.2, 0.25) is 5.91 Å². The average Bonchev–Trinajstić information content (AvgIpc) is 3.42. The van der Waals surface area contributed by atoms with Gasteiger partial charge in [-0.2, -0.15) is 0 Å². The highest BCUT2D eigenvalue weighted by Crippen LogP contribution is 2.18. The van der Waals surface area contributed by atoms with Crippen molar-refractivity contribution in [2.75, 3.05) is 13.2 Å². The van der Waals surface area contributed by atoms with Crippen LogP contribution in [0, 0.1) is 0 Å². The van der Waals surface area contributed by atoms with Gasteiger partial charge in [-0.1, -0.05) is 319 Å². The van der Waals surface area contributed by atoms with E-state index in [-0.39, 0.29) is 18.5 Å². The van der Waals surface area contributed by atoms with E-state index in [1.165, 1.54) is 283 Å². The topological polar surface area (TPSA) is 95.9 Å². The molecule has 0 bridgehead atoms. The van der Waals surface area contributed by atoms with E-state index in [0.29, 0.717) is 19.4 Å². The summed E-state index contributed by atoms with van der Waals surface area (Å²) in [6, 6.07) is -0.634. The van der Waals surface area contributed by atoms with Crippen LogP contribution in [-0.4, -0.2) is 47.4 Å². The first-order valence-corrected chi connectivity index (χ1v) is 33.9. The molecule has 6 heteroatoms. The summed E-state index contributed by atoms with van der Waals surface area (Å²) in [5, 5.41) is 23.3. The number of hydrogen-bond donors (Lipinski definition) is 3. The second-order valence-electron chi connectivity index (χ2n) is 23.1. The van der Waals surface area contributed by atoms with Gasteiger partial charge in [0, 0.05) is 12.8 Å². The lowest BCUT2D eigenvalue weighted by atomic mass is 10.0. The number of ether oxygens (including phenoxy) is 1. The lowest BCUT2D eigenvalue weighted by molar-refractivity contribution is -0.143. The summed E-state index contributed by atoms with van der Waals surface area (Å²) in [6.07, 6.45) is 84.7. The van der Waals surface area contributed by atoms with Crippen LogP contribution in [0.1, 0.15) is 361 Å². The zero-order valence-corrected chi connectivity index (χ0v) is 51.0. The minimum Gasteiger partial charge on any atom is -0.465 e. The van der Waals surface area contributed by atoms with Crippen LogP contribution < -0.4 is 5.32 Å². The largest absolute Gasteiger partial charge is 0.465 e. The van der Waals surface area contributed by atoms with Crippen LogP contribution in [0.15, 0.2) is 48.6 Å². The minimum atomic E-state index is -0.850. The number of esters is 1. The molecule has 2 unspecified atom stereocenters. The van der Waals surface area contributed by atoms with Crippen molar-refractivity contribution in [1.29, 1.82) is 0 Å². The first-order chi connectivity index (χ1) is 37.5. The molecule has 2 atom stereocenters. The number of aliphatic hydroxyl groups is 2. The third-order valence-corrected chi connectivity index (χ3v) is 15.6. The Bertz CT molecular complexity index is 1270. The van der Waals surface area contributed by atoms with Crippen LogP contribution in [-0.2, 0) is 14.3 Å². The maximum Gasteiger partial charge on any atom is 0.305 e. The Hall–Kier alpha value is -2.18. The van der Waals surface area contributed by atoms with Gasteiger partial charge in [-0.25, -0.2) is 0 Å². The van der Waals surface area contributed by atoms with Crippen molar-refractivity contribution < 1.29 is 24.5 Å². The molecule has 0 aliphatic heterocycles. The van der Waals surface area contributed by atoms with Gasteiger partial charge in [0.05, 0.1) is 25.4 Å². The van der Waals surface area contributed by atoms with E-state index in [4.69, 9.17) is 4.74 Å². The van der Waals surface area contributed by atoms with Crippen molar-refractivity contribution in [2.24, 2.45) is 0 Å². The maximum absolute atomic E-state index is 12.5. The monoisotopic (exact) mass is 1070 g/mol. The summed E-state index contributed by atoms with van der Waals surface area (Å²) in [6.45, 7) is 4.80. The molecule has 0 aromatic carbocycles. The predicted molar refractivity (Wildman–Crippen MR) is 333 cm³/mol. The van der Waals surface area contributed by atoms with E-state index in [2.05, 4.69) is 55.6 Å². The van der Waals surface area contributed by atoms with E-state index in [0.717, 1.165) is 51.4 Å². The van der Waals surface area contributed by atoms with Crippen LogP contribution in [0.4, 0.5) is 0 Å². The highest BCUT2D eigenvalue weighted by atomic mass is 16.5. The molecule has 0 saturated carbocycles. The van der Waals surface area contributed by atoms with Crippen molar-refractivity contribution in [3.63, 3.8) is 0 Å². The Morgan fingerprint density at radius 1 is 0.368 bits per heavy atom. The molecule has 0 saturated heterocycles. The number of aliphatic hydroxyl groups excluding tert-OH is 2. The van der Waals surface area contributed by atoms with Gasteiger partial charge in [0.25, 0.3) is 0 Å². The number of hydrogen-bond acceptors (Lipinski definition) is 5. The highest BCUT2D eigenvalue weighted by molar-refractivity contribution is 5.76. The van der Waals surface area contributed by atoms with Crippen LogP contribution in [0.3, 0.4) is 0 Å². The first-order valence-electron chi connectivity index (χ1n) is 33.9. The van der Waals surface area contributed by atoms with Gasteiger partial charge in [-0.15, -0.1) is 0 Å². The number of unbranched alkanes of at least 4 members (excludes halogenated alkanes) is 46. The fourth-order valence-corrected chi connectivity index (χ4v) is 10.4. The van der Waals surface area contributed by atoms with Gasteiger partial charge < -0.3 is 20.3 Å². The Balaban J connectivity index is 3.48. The van der Waals surface area contributed by atoms with E-state index in [1.54, 1.807) is 6.08 Å². The lowest BCUT2D eigenvalue weighted by Gasteiger charge is -2.20. The Morgan fingerprint density at radius 3 is 1.03 bits per heavy atom. The van der Waals surface area contributed by atoms with E-state index in [9.17, 15) is 19.8 Å². The molecule has 0 rings (SSSR count). The van der Waals surface area contributed by atoms with Gasteiger partial charge in [-0.05, 0) is 77.0 Å². The molecule has 3 N–H and O–H groups in total. The molecule has 0 aliphatic carbocycles. The molecule has 0 heterocycles. The third kappa shape index (κ3) is 61.0. The van der Waals surface area contributed by atoms with Crippen LogP contribution in [0.5, 0.6) is 0 Å². The second kappa shape index (κ2) is 65.3. The SMILES string of the molecule is CCCCCC/C=C\CCCCCCCC(=O)OCC/C=C\C/C=C\CCCCCCCCCCCCCCCCC(=O)NC(CO)C(O)/C=C/CCCCCCCCCCCCCCCCCCCCCCCCC. The molecular formula is C70H131NO5.